The lowest BCUT2D eigenvalue weighted by molar-refractivity contribution is -0.138. The number of aromatic hydroxyl groups is 1. The van der Waals surface area contributed by atoms with Gasteiger partial charge in [0, 0.05) is 0 Å². The number of carboxylic acid groups (broad SMARTS) is 1. The number of hydrogen-bond acceptors (Lipinski definition) is 3. The number of phenolic OH excluding ortho intramolecular Hbond substituents is 1. The summed E-state index contributed by atoms with van der Waals surface area (Å²) >= 11 is 0. The highest BCUT2D eigenvalue weighted by molar-refractivity contribution is 5.76. The Hall–Kier alpha value is -1.55. The molecule has 4 nitrogen and oxygen atoms in total. The average molecular weight is 195 g/mol. The maximum Gasteiger partial charge on any atom is 0.325 e. The molecule has 76 valence electrons. The summed E-state index contributed by atoms with van der Waals surface area (Å²) < 4.78 is 0. The van der Waals surface area contributed by atoms with Crippen LogP contribution in [0.1, 0.15) is 22.7 Å². The first-order chi connectivity index (χ1) is 6.43. The third kappa shape index (κ3) is 1.85. The number of carboxylic acids is 1. The molecule has 0 aliphatic rings. The molecule has 0 spiro atoms. The Balaban J connectivity index is 3.27. The van der Waals surface area contributed by atoms with Crippen molar-refractivity contribution in [3.8, 4) is 5.75 Å². The zero-order valence-corrected chi connectivity index (χ0v) is 8.11. The SMILES string of the molecule is Cc1cc(O)cc(C)c1[C@H](N)C(=O)O. The van der Waals surface area contributed by atoms with E-state index in [4.69, 9.17) is 10.8 Å². The minimum Gasteiger partial charge on any atom is -0.508 e. The van der Waals surface area contributed by atoms with E-state index in [2.05, 4.69) is 0 Å². The van der Waals surface area contributed by atoms with Crippen molar-refractivity contribution in [2.45, 2.75) is 19.9 Å². The van der Waals surface area contributed by atoms with Crippen molar-refractivity contribution in [2.24, 2.45) is 5.73 Å². The summed E-state index contributed by atoms with van der Waals surface area (Å²) in [4.78, 5) is 10.7. The van der Waals surface area contributed by atoms with Crippen LogP contribution in [0.2, 0.25) is 0 Å². The summed E-state index contributed by atoms with van der Waals surface area (Å²) in [6.07, 6.45) is 0. The molecule has 0 bridgehead atoms. The Morgan fingerprint density at radius 1 is 1.36 bits per heavy atom. The molecule has 1 aromatic rings. The van der Waals surface area contributed by atoms with Crippen LogP contribution in [0.4, 0.5) is 0 Å². The molecular weight excluding hydrogens is 182 g/mol. The summed E-state index contributed by atoms with van der Waals surface area (Å²) in [5.41, 5.74) is 7.46. The van der Waals surface area contributed by atoms with Gasteiger partial charge in [0.1, 0.15) is 11.8 Å². The first-order valence-electron chi connectivity index (χ1n) is 4.22. The Morgan fingerprint density at radius 3 is 2.14 bits per heavy atom. The van der Waals surface area contributed by atoms with E-state index in [0.29, 0.717) is 16.7 Å². The van der Waals surface area contributed by atoms with Gasteiger partial charge >= 0.3 is 5.97 Å². The van der Waals surface area contributed by atoms with E-state index >= 15 is 0 Å². The van der Waals surface area contributed by atoms with Crippen LogP contribution in [0.5, 0.6) is 5.75 Å². The molecule has 0 saturated heterocycles. The van der Waals surface area contributed by atoms with Crippen LogP contribution in [-0.4, -0.2) is 16.2 Å². The summed E-state index contributed by atoms with van der Waals surface area (Å²) in [7, 11) is 0. The number of hydrogen-bond donors (Lipinski definition) is 3. The predicted octanol–water partition coefficient (Wildman–Crippen LogP) is 1.09. The third-order valence-corrected chi connectivity index (χ3v) is 2.16. The molecule has 0 saturated carbocycles. The fourth-order valence-corrected chi connectivity index (χ4v) is 1.57. The summed E-state index contributed by atoms with van der Waals surface area (Å²) in [6.45, 7) is 3.45. The van der Waals surface area contributed by atoms with E-state index in [1.807, 2.05) is 0 Å². The molecule has 0 unspecified atom stereocenters. The fraction of sp³-hybridized carbons (Fsp3) is 0.300. The van der Waals surface area contributed by atoms with E-state index < -0.39 is 12.0 Å². The smallest absolute Gasteiger partial charge is 0.325 e. The van der Waals surface area contributed by atoms with Crippen LogP contribution in [-0.2, 0) is 4.79 Å². The number of phenols is 1. The Morgan fingerprint density at radius 2 is 1.79 bits per heavy atom. The number of nitrogens with two attached hydrogens (primary N) is 1. The molecule has 0 aliphatic heterocycles. The molecule has 1 atom stereocenters. The number of rotatable bonds is 2. The lowest BCUT2D eigenvalue weighted by atomic mass is 9.96. The Kier molecular flexibility index (Phi) is 2.76. The summed E-state index contributed by atoms with van der Waals surface area (Å²) in [6, 6.07) is 1.98. The highest BCUT2D eigenvalue weighted by atomic mass is 16.4. The molecule has 0 heterocycles. The number of aliphatic carboxylic acids is 1. The van der Waals surface area contributed by atoms with E-state index in [9.17, 15) is 9.90 Å². The van der Waals surface area contributed by atoms with Crippen LogP contribution < -0.4 is 5.73 Å². The minimum atomic E-state index is -1.07. The van der Waals surface area contributed by atoms with Crippen LogP contribution >= 0.6 is 0 Å². The second kappa shape index (κ2) is 3.67. The Bertz CT molecular complexity index is 351. The van der Waals surface area contributed by atoms with E-state index in [1.165, 1.54) is 12.1 Å². The highest BCUT2D eigenvalue weighted by Crippen LogP contribution is 2.25. The van der Waals surface area contributed by atoms with Crippen molar-refractivity contribution in [3.63, 3.8) is 0 Å². The molecule has 0 radical (unpaired) electrons. The quantitative estimate of drug-likeness (QED) is 0.659. The van der Waals surface area contributed by atoms with Gasteiger partial charge in [0.2, 0.25) is 0 Å². The van der Waals surface area contributed by atoms with Crippen molar-refractivity contribution in [1.29, 1.82) is 0 Å². The highest BCUT2D eigenvalue weighted by Gasteiger charge is 2.19. The lowest BCUT2D eigenvalue weighted by Crippen LogP contribution is -2.22. The topological polar surface area (TPSA) is 83.5 Å². The molecule has 1 rings (SSSR count). The molecule has 14 heavy (non-hydrogen) atoms. The van der Waals surface area contributed by atoms with Gasteiger partial charge in [0.15, 0.2) is 0 Å². The number of carbonyl (C=O) groups is 1. The maximum atomic E-state index is 10.7. The van der Waals surface area contributed by atoms with Gasteiger partial charge in [-0.2, -0.15) is 0 Å². The van der Waals surface area contributed by atoms with Crippen molar-refractivity contribution in [2.75, 3.05) is 0 Å². The monoisotopic (exact) mass is 195 g/mol. The van der Waals surface area contributed by atoms with Crippen molar-refractivity contribution in [3.05, 3.63) is 28.8 Å². The van der Waals surface area contributed by atoms with Crippen molar-refractivity contribution in [1.82, 2.24) is 0 Å². The fourth-order valence-electron chi connectivity index (χ4n) is 1.57. The van der Waals surface area contributed by atoms with Gasteiger partial charge in [-0.05, 0) is 42.7 Å². The second-order valence-corrected chi connectivity index (χ2v) is 3.31. The van der Waals surface area contributed by atoms with Crippen LogP contribution in [0, 0.1) is 13.8 Å². The summed E-state index contributed by atoms with van der Waals surface area (Å²) in [5, 5.41) is 18.0. The molecule has 0 amide bonds. The van der Waals surface area contributed by atoms with Gasteiger partial charge in [-0.25, -0.2) is 0 Å². The first-order valence-corrected chi connectivity index (χ1v) is 4.22. The van der Waals surface area contributed by atoms with E-state index in [-0.39, 0.29) is 5.75 Å². The van der Waals surface area contributed by atoms with Gasteiger partial charge in [0.05, 0.1) is 0 Å². The van der Waals surface area contributed by atoms with Crippen LogP contribution in [0.25, 0.3) is 0 Å². The van der Waals surface area contributed by atoms with Gasteiger partial charge in [-0.1, -0.05) is 0 Å². The Labute approximate surface area is 82.0 Å². The van der Waals surface area contributed by atoms with E-state index in [1.54, 1.807) is 13.8 Å². The normalized spacial score (nSPS) is 12.5. The second-order valence-electron chi connectivity index (χ2n) is 3.31. The average Bonchev–Trinajstić information content (AvgIpc) is 2.01. The predicted molar refractivity (Wildman–Crippen MR) is 52.1 cm³/mol. The molecule has 0 aromatic heterocycles. The molecule has 0 aliphatic carbocycles. The van der Waals surface area contributed by atoms with Gasteiger partial charge < -0.3 is 15.9 Å². The number of benzene rings is 1. The third-order valence-electron chi connectivity index (χ3n) is 2.16. The number of aryl methyl sites for hydroxylation is 2. The standard InChI is InChI=1S/C10H13NO3/c1-5-3-7(12)4-6(2)8(5)9(11)10(13)14/h3-4,9,12H,11H2,1-2H3,(H,13,14)/t9-/m0/s1. The zero-order chi connectivity index (χ0) is 10.9. The summed E-state index contributed by atoms with van der Waals surface area (Å²) in [5.74, 6) is -0.941. The van der Waals surface area contributed by atoms with Crippen molar-refractivity contribution < 1.29 is 15.0 Å². The first kappa shape index (κ1) is 10.5. The molecule has 1 aromatic carbocycles. The van der Waals surface area contributed by atoms with Gasteiger partial charge in [-0.15, -0.1) is 0 Å². The van der Waals surface area contributed by atoms with Crippen LogP contribution in [0.15, 0.2) is 12.1 Å². The molecule has 0 fully saturated rings. The molecule has 4 heteroatoms. The maximum absolute atomic E-state index is 10.7. The van der Waals surface area contributed by atoms with Crippen molar-refractivity contribution >= 4 is 5.97 Å². The molecule has 4 N–H and O–H groups in total. The molecular formula is C10H13NO3. The van der Waals surface area contributed by atoms with E-state index in [0.717, 1.165) is 0 Å². The zero-order valence-electron chi connectivity index (χ0n) is 8.11. The van der Waals surface area contributed by atoms with Gasteiger partial charge in [-0.3, -0.25) is 4.79 Å². The van der Waals surface area contributed by atoms with Gasteiger partial charge in [0.25, 0.3) is 0 Å². The van der Waals surface area contributed by atoms with Crippen LogP contribution in [0.3, 0.4) is 0 Å². The lowest BCUT2D eigenvalue weighted by Gasteiger charge is -2.14. The minimum absolute atomic E-state index is 0.126. The largest absolute Gasteiger partial charge is 0.508 e.